The monoisotopic (exact) mass is 292 g/mol. The normalized spacial score (nSPS) is 13.9. The summed E-state index contributed by atoms with van der Waals surface area (Å²) in [6, 6.07) is 16.4. The molecular formula is C19H20N2O. The van der Waals surface area contributed by atoms with Crippen LogP contribution in [0.3, 0.4) is 0 Å². The van der Waals surface area contributed by atoms with Crippen LogP contribution in [0, 0.1) is 6.92 Å². The maximum atomic E-state index is 11.7. The van der Waals surface area contributed by atoms with Gasteiger partial charge in [-0.3, -0.25) is 4.79 Å². The number of hydrogen-bond acceptors (Lipinski definition) is 1. The second-order valence-corrected chi connectivity index (χ2v) is 6.07. The summed E-state index contributed by atoms with van der Waals surface area (Å²) < 4.78 is 0. The predicted octanol–water partition coefficient (Wildman–Crippen LogP) is 3.66. The van der Waals surface area contributed by atoms with E-state index >= 15 is 0 Å². The van der Waals surface area contributed by atoms with Crippen LogP contribution in [0.1, 0.15) is 30.0 Å². The number of aromatic nitrogens is 1. The van der Waals surface area contributed by atoms with E-state index in [1.54, 1.807) is 0 Å². The highest BCUT2D eigenvalue weighted by Crippen LogP contribution is 2.36. The Morgan fingerprint density at radius 1 is 1.14 bits per heavy atom. The molecule has 3 N–H and O–H groups in total. The predicted molar refractivity (Wildman–Crippen MR) is 89.7 cm³/mol. The van der Waals surface area contributed by atoms with Gasteiger partial charge >= 0.3 is 0 Å². The van der Waals surface area contributed by atoms with Crippen LogP contribution in [0.15, 0.2) is 54.7 Å². The minimum Gasteiger partial charge on any atom is -0.370 e. The number of carbonyl (C=O) groups is 1. The maximum absolute atomic E-state index is 11.7. The Bertz CT molecular complexity index is 820. The lowest BCUT2D eigenvalue weighted by molar-refractivity contribution is -0.118. The third-order valence-electron chi connectivity index (χ3n) is 4.46. The van der Waals surface area contributed by atoms with Crippen molar-refractivity contribution < 1.29 is 4.79 Å². The molecule has 3 heteroatoms. The molecule has 0 aliphatic heterocycles. The minimum atomic E-state index is -0.426. The zero-order valence-electron chi connectivity index (χ0n) is 12.9. The molecule has 0 fully saturated rings. The Balaban J connectivity index is 2.19. The van der Waals surface area contributed by atoms with Crippen LogP contribution in [-0.2, 0) is 10.2 Å². The molecule has 22 heavy (non-hydrogen) atoms. The van der Waals surface area contributed by atoms with Crippen molar-refractivity contribution in [2.45, 2.75) is 25.7 Å². The van der Waals surface area contributed by atoms with E-state index in [-0.39, 0.29) is 12.3 Å². The molecule has 3 aromatic rings. The number of aromatic amines is 1. The average molecular weight is 292 g/mol. The van der Waals surface area contributed by atoms with Crippen LogP contribution in [0.5, 0.6) is 0 Å². The molecule has 0 saturated heterocycles. The zero-order valence-corrected chi connectivity index (χ0v) is 12.9. The van der Waals surface area contributed by atoms with Gasteiger partial charge < -0.3 is 10.7 Å². The van der Waals surface area contributed by atoms with Crippen molar-refractivity contribution in [2.24, 2.45) is 5.73 Å². The highest BCUT2D eigenvalue weighted by molar-refractivity contribution is 5.84. The van der Waals surface area contributed by atoms with Gasteiger partial charge in [0.25, 0.3) is 0 Å². The van der Waals surface area contributed by atoms with E-state index in [0.29, 0.717) is 0 Å². The van der Waals surface area contributed by atoms with E-state index in [4.69, 9.17) is 5.73 Å². The van der Waals surface area contributed by atoms with Gasteiger partial charge in [0.1, 0.15) is 0 Å². The lowest BCUT2D eigenvalue weighted by Gasteiger charge is -2.30. The fourth-order valence-electron chi connectivity index (χ4n) is 3.13. The topological polar surface area (TPSA) is 58.9 Å². The molecule has 1 aromatic heterocycles. The van der Waals surface area contributed by atoms with Crippen LogP contribution in [0.25, 0.3) is 10.9 Å². The van der Waals surface area contributed by atoms with Crippen LogP contribution >= 0.6 is 0 Å². The van der Waals surface area contributed by atoms with Gasteiger partial charge in [0, 0.05) is 28.9 Å². The molecule has 3 nitrogen and oxygen atoms in total. The molecule has 1 amide bonds. The number of carbonyl (C=O) groups excluding carboxylic acids is 1. The van der Waals surface area contributed by atoms with Crippen LogP contribution < -0.4 is 5.73 Å². The summed E-state index contributed by atoms with van der Waals surface area (Å²) in [4.78, 5) is 14.9. The molecule has 1 unspecified atom stereocenters. The number of fused-ring (bicyclic) bond motifs is 1. The third-order valence-corrected chi connectivity index (χ3v) is 4.46. The number of rotatable bonds is 4. The van der Waals surface area contributed by atoms with Crippen LogP contribution in [-0.4, -0.2) is 10.9 Å². The standard InChI is InChI=1S/C19H20N2O/c1-13-12-21-17-9-8-15(10-16(13)17)19(2,11-18(20)22)14-6-4-3-5-7-14/h3-10,12,21H,11H2,1-2H3,(H2,20,22). The molecule has 0 saturated carbocycles. The van der Waals surface area contributed by atoms with Gasteiger partial charge in [0.2, 0.25) is 5.91 Å². The Morgan fingerprint density at radius 3 is 2.55 bits per heavy atom. The quantitative estimate of drug-likeness (QED) is 0.757. The molecule has 112 valence electrons. The summed E-state index contributed by atoms with van der Waals surface area (Å²) in [5.41, 5.74) is 9.62. The number of hydrogen-bond donors (Lipinski definition) is 2. The van der Waals surface area contributed by atoms with E-state index in [0.717, 1.165) is 16.6 Å². The number of nitrogens with two attached hydrogens (primary N) is 1. The number of H-pyrrole nitrogens is 1. The average Bonchev–Trinajstić information content (AvgIpc) is 2.88. The number of aryl methyl sites for hydroxylation is 1. The Labute approximate surface area is 130 Å². The van der Waals surface area contributed by atoms with Crippen molar-refractivity contribution in [3.8, 4) is 0 Å². The zero-order chi connectivity index (χ0) is 15.7. The summed E-state index contributed by atoms with van der Waals surface area (Å²) in [5, 5.41) is 1.18. The summed E-state index contributed by atoms with van der Waals surface area (Å²) in [7, 11) is 0. The molecule has 3 rings (SSSR count). The molecule has 0 radical (unpaired) electrons. The molecular weight excluding hydrogens is 272 g/mol. The van der Waals surface area contributed by atoms with E-state index in [1.807, 2.05) is 24.4 Å². The first-order valence-corrected chi connectivity index (χ1v) is 7.43. The molecule has 0 aliphatic carbocycles. The summed E-state index contributed by atoms with van der Waals surface area (Å²) in [5.74, 6) is -0.294. The summed E-state index contributed by atoms with van der Waals surface area (Å²) in [6.07, 6.45) is 2.29. The molecule has 0 spiro atoms. The first kappa shape index (κ1) is 14.4. The fraction of sp³-hybridized carbons (Fsp3) is 0.211. The largest absolute Gasteiger partial charge is 0.370 e. The van der Waals surface area contributed by atoms with E-state index in [2.05, 4.69) is 49.2 Å². The molecule has 0 bridgehead atoms. The first-order valence-electron chi connectivity index (χ1n) is 7.43. The van der Waals surface area contributed by atoms with Crippen molar-refractivity contribution in [2.75, 3.05) is 0 Å². The van der Waals surface area contributed by atoms with Crippen molar-refractivity contribution in [1.82, 2.24) is 4.98 Å². The van der Waals surface area contributed by atoms with Crippen molar-refractivity contribution in [3.63, 3.8) is 0 Å². The lowest BCUT2D eigenvalue weighted by Crippen LogP contribution is -2.30. The van der Waals surface area contributed by atoms with Gasteiger partial charge in [-0.05, 0) is 35.7 Å². The van der Waals surface area contributed by atoms with Gasteiger partial charge in [-0.15, -0.1) is 0 Å². The third kappa shape index (κ3) is 2.39. The van der Waals surface area contributed by atoms with Crippen molar-refractivity contribution in [3.05, 3.63) is 71.4 Å². The summed E-state index contributed by atoms with van der Waals surface area (Å²) in [6.45, 7) is 4.16. The molecule has 0 aliphatic rings. The van der Waals surface area contributed by atoms with Crippen LogP contribution in [0.2, 0.25) is 0 Å². The smallest absolute Gasteiger partial charge is 0.218 e. The van der Waals surface area contributed by atoms with Gasteiger partial charge in [-0.25, -0.2) is 0 Å². The van der Waals surface area contributed by atoms with E-state index < -0.39 is 5.41 Å². The number of nitrogens with one attached hydrogen (secondary N) is 1. The molecule has 1 heterocycles. The van der Waals surface area contributed by atoms with Gasteiger partial charge in [0.05, 0.1) is 0 Å². The molecule has 1 atom stereocenters. The Morgan fingerprint density at radius 2 is 1.86 bits per heavy atom. The number of primary amides is 1. The lowest BCUT2D eigenvalue weighted by atomic mass is 9.73. The fourth-order valence-corrected chi connectivity index (χ4v) is 3.13. The highest BCUT2D eigenvalue weighted by atomic mass is 16.1. The summed E-state index contributed by atoms with van der Waals surface area (Å²) >= 11 is 0. The maximum Gasteiger partial charge on any atom is 0.218 e. The van der Waals surface area contributed by atoms with Crippen molar-refractivity contribution in [1.29, 1.82) is 0 Å². The molecule has 2 aromatic carbocycles. The highest BCUT2D eigenvalue weighted by Gasteiger charge is 2.31. The van der Waals surface area contributed by atoms with E-state index in [9.17, 15) is 4.79 Å². The van der Waals surface area contributed by atoms with Gasteiger partial charge in [-0.2, -0.15) is 0 Å². The first-order chi connectivity index (χ1) is 10.5. The Hall–Kier alpha value is -2.55. The second-order valence-electron chi connectivity index (χ2n) is 6.07. The van der Waals surface area contributed by atoms with Crippen LogP contribution in [0.4, 0.5) is 0 Å². The SMILES string of the molecule is Cc1c[nH]c2ccc(C(C)(CC(N)=O)c3ccccc3)cc12. The second kappa shape index (κ2) is 5.34. The minimum absolute atomic E-state index is 0.284. The number of amides is 1. The van der Waals surface area contributed by atoms with Gasteiger partial charge in [-0.1, -0.05) is 43.3 Å². The van der Waals surface area contributed by atoms with Gasteiger partial charge in [0.15, 0.2) is 0 Å². The van der Waals surface area contributed by atoms with E-state index in [1.165, 1.54) is 10.9 Å². The Kier molecular flexibility index (Phi) is 3.49. The van der Waals surface area contributed by atoms with Crippen molar-refractivity contribution >= 4 is 16.8 Å². The number of benzene rings is 2.